The fourth-order valence-electron chi connectivity index (χ4n) is 2.27. The highest BCUT2D eigenvalue weighted by Crippen LogP contribution is 2.23. The number of rotatable bonds is 10. The monoisotopic (exact) mass is 251 g/mol. The molecule has 1 saturated carbocycles. The minimum Gasteiger partial charge on any atom is -0.300 e. The molecule has 3 heteroatoms. The molecule has 1 atom stereocenters. The second kappa shape index (κ2) is 7.76. The minimum atomic E-state index is -0.372. The van der Waals surface area contributed by atoms with Crippen molar-refractivity contribution in [1.29, 1.82) is 5.26 Å². The van der Waals surface area contributed by atoms with Crippen molar-refractivity contribution >= 4 is 0 Å². The topological polar surface area (TPSA) is 39.1 Å². The second-order valence-corrected chi connectivity index (χ2v) is 5.85. The van der Waals surface area contributed by atoms with Crippen LogP contribution in [0.5, 0.6) is 0 Å². The molecule has 1 unspecified atom stereocenters. The fraction of sp³-hybridized carbons (Fsp3) is 0.933. The first-order valence-corrected chi connectivity index (χ1v) is 7.55. The molecular formula is C15H29N3. The lowest BCUT2D eigenvalue weighted by Crippen LogP contribution is -2.51. The van der Waals surface area contributed by atoms with Crippen LogP contribution < -0.4 is 5.32 Å². The van der Waals surface area contributed by atoms with E-state index in [-0.39, 0.29) is 5.54 Å². The Bertz CT molecular complexity index is 259. The zero-order chi connectivity index (χ0) is 13.4. The molecule has 0 aromatic carbocycles. The number of nitrogens with zero attached hydrogens (tertiary/aromatic N) is 2. The van der Waals surface area contributed by atoms with Crippen molar-refractivity contribution < 1.29 is 0 Å². The smallest absolute Gasteiger partial charge is 0.116 e. The summed E-state index contributed by atoms with van der Waals surface area (Å²) in [6.45, 7) is 9.62. The highest BCUT2D eigenvalue weighted by Gasteiger charge is 2.33. The van der Waals surface area contributed by atoms with Gasteiger partial charge in [-0.1, -0.05) is 26.7 Å². The fourth-order valence-corrected chi connectivity index (χ4v) is 2.27. The van der Waals surface area contributed by atoms with Gasteiger partial charge in [-0.3, -0.25) is 5.32 Å². The van der Waals surface area contributed by atoms with Gasteiger partial charge in [0.15, 0.2) is 0 Å². The Morgan fingerprint density at radius 3 is 2.17 bits per heavy atom. The van der Waals surface area contributed by atoms with Gasteiger partial charge in [-0.2, -0.15) is 5.26 Å². The molecule has 0 radical (unpaired) electrons. The zero-order valence-electron chi connectivity index (χ0n) is 12.3. The molecule has 0 spiro atoms. The summed E-state index contributed by atoms with van der Waals surface area (Å²) in [6, 6.07) is 3.07. The molecule has 104 valence electrons. The first-order chi connectivity index (χ1) is 8.63. The first kappa shape index (κ1) is 15.5. The summed E-state index contributed by atoms with van der Waals surface area (Å²) < 4.78 is 0. The van der Waals surface area contributed by atoms with E-state index in [9.17, 15) is 5.26 Å². The van der Waals surface area contributed by atoms with Gasteiger partial charge >= 0.3 is 0 Å². The van der Waals surface area contributed by atoms with Gasteiger partial charge in [-0.15, -0.1) is 0 Å². The summed E-state index contributed by atoms with van der Waals surface area (Å²) in [5, 5.41) is 12.9. The second-order valence-electron chi connectivity index (χ2n) is 5.85. The number of unbranched alkanes of at least 4 members (excludes halogenated alkanes) is 2. The molecular weight excluding hydrogens is 222 g/mol. The van der Waals surface area contributed by atoms with Gasteiger partial charge in [-0.25, -0.2) is 0 Å². The highest BCUT2D eigenvalue weighted by atomic mass is 15.2. The summed E-state index contributed by atoms with van der Waals surface area (Å²) in [7, 11) is 0. The molecule has 0 aromatic rings. The molecule has 1 rings (SSSR count). The summed E-state index contributed by atoms with van der Waals surface area (Å²) >= 11 is 0. The zero-order valence-corrected chi connectivity index (χ0v) is 12.3. The van der Waals surface area contributed by atoms with Crippen molar-refractivity contribution in [2.75, 3.05) is 19.6 Å². The molecule has 0 bridgehead atoms. The first-order valence-electron chi connectivity index (χ1n) is 7.55. The quantitative estimate of drug-likeness (QED) is 0.649. The van der Waals surface area contributed by atoms with Crippen LogP contribution in [0.3, 0.4) is 0 Å². The Morgan fingerprint density at radius 1 is 1.22 bits per heavy atom. The van der Waals surface area contributed by atoms with E-state index >= 15 is 0 Å². The van der Waals surface area contributed by atoms with E-state index in [1.807, 2.05) is 0 Å². The number of hydrogen-bond donors (Lipinski definition) is 1. The Balaban J connectivity index is 2.46. The van der Waals surface area contributed by atoms with Gasteiger partial charge in [0, 0.05) is 12.6 Å². The standard InChI is InChI=1S/C15H29N3/c1-4-6-10-18(11-7-5-2)13-15(3,12-16)17-14-8-9-14/h14,17H,4-11,13H2,1-3H3. The molecule has 18 heavy (non-hydrogen) atoms. The highest BCUT2D eigenvalue weighted by molar-refractivity contribution is 5.08. The van der Waals surface area contributed by atoms with Gasteiger partial charge < -0.3 is 4.90 Å². The van der Waals surface area contributed by atoms with Gasteiger partial charge in [0.2, 0.25) is 0 Å². The van der Waals surface area contributed by atoms with Crippen LogP contribution in [0.2, 0.25) is 0 Å². The molecule has 0 heterocycles. The van der Waals surface area contributed by atoms with E-state index in [0.717, 1.165) is 19.6 Å². The third-order valence-electron chi connectivity index (χ3n) is 3.54. The van der Waals surface area contributed by atoms with Crippen LogP contribution in [-0.2, 0) is 0 Å². The maximum Gasteiger partial charge on any atom is 0.116 e. The normalized spacial score (nSPS) is 18.6. The summed E-state index contributed by atoms with van der Waals surface area (Å²) in [5.74, 6) is 0. The van der Waals surface area contributed by atoms with Crippen molar-refractivity contribution in [3.8, 4) is 6.07 Å². The molecule has 3 nitrogen and oxygen atoms in total. The molecule has 0 saturated heterocycles. The Kier molecular flexibility index (Phi) is 6.67. The van der Waals surface area contributed by atoms with Crippen molar-refractivity contribution in [2.45, 2.75) is 70.9 Å². The van der Waals surface area contributed by atoms with E-state index in [4.69, 9.17) is 0 Å². The molecule has 1 aliphatic carbocycles. The molecule has 1 fully saturated rings. The lowest BCUT2D eigenvalue weighted by molar-refractivity contribution is 0.213. The average Bonchev–Trinajstić information content (AvgIpc) is 3.16. The maximum absolute atomic E-state index is 9.42. The van der Waals surface area contributed by atoms with E-state index in [1.165, 1.54) is 38.5 Å². The predicted molar refractivity (Wildman–Crippen MR) is 76.4 cm³/mol. The third-order valence-corrected chi connectivity index (χ3v) is 3.54. The number of nitrogens with one attached hydrogen (secondary N) is 1. The Labute approximate surface area is 113 Å². The van der Waals surface area contributed by atoms with Crippen molar-refractivity contribution in [3.05, 3.63) is 0 Å². The van der Waals surface area contributed by atoms with Gasteiger partial charge in [0.05, 0.1) is 6.07 Å². The van der Waals surface area contributed by atoms with Crippen molar-refractivity contribution in [1.82, 2.24) is 10.2 Å². The lowest BCUT2D eigenvalue weighted by atomic mass is 10.0. The van der Waals surface area contributed by atoms with Crippen LogP contribution >= 0.6 is 0 Å². The average molecular weight is 251 g/mol. The predicted octanol–water partition coefficient (Wildman–Crippen LogP) is 2.92. The summed E-state index contributed by atoms with van der Waals surface area (Å²) in [4.78, 5) is 2.46. The molecule has 1 aliphatic rings. The van der Waals surface area contributed by atoms with E-state index in [2.05, 4.69) is 37.1 Å². The van der Waals surface area contributed by atoms with E-state index in [1.54, 1.807) is 0 Å². The Hall–Kier alpha value is -0.590. The van der Waals surface area contributed by atoms with Crippen LogP contribution in [0.25, 0.3) is 0 Å². The lowest BCUT2D eigenvalue weighted by Gasteiger charge is -2.31. The Morgan fingerprint density at radius 2 is 1.78 bits per heavy atom. The largest absolute Gasteiger partial charge is 0.300 e. The maximum atomic E-state index is 9.42. The minimum absolute atomic E-state index is 0.372. The van der Waals surface area contributed by atoms with Gasteiger partial charge in [0.1, 0.15) is 5.54 Å². The van der Waals surface area contributed by atoms with Crippen molar-refractivity contribution in [2.24, 2.45) is 0 Å². The van der Waals surface area contributed by atoms with Crippen molar-refractivity contribution in [3.63, 3.8) is 0 Å². The summed E-state index contributed by atoms with van der Waals surface area (Å²) in [5.41, 5.74) is -0.372. The van der Waals surface area contributed by atoms with Crippen LogP contribution in [-0.4, -0.2) is 36.1 Å². The van der Waals surface area contributed by atoms with E-state index in [0.29, 0.717) is 6.04 Å². The van der Waals surface area contributed by atoms with E-state index < -0.39 is 0 Å². The third kappa shape index (κ3) is 5.84. The van der Waals surface area contributed by atoms with Crippen LogP contribution in [0.15, 0.2) is 0 Å². The van der Waals surface area contributed by atoms with Gasteiger partial charge in [-0.05, 0) is 45.7 Å². The summed E-state index contributed by atoms with van der Waals surface area (Å²) in [6.07, 6.45) is 7.38. The van der Waals surface area contributed by atoms with Crippen LogP contribution in [0, 0.1) is 11.3 Å². The van der Waals surface area contributed by atoms with Gasteiger partial charge in [0.25, 0.3) is 0 Å². The van der Waals surface area contributed by atoms with Crippen LogP contribution in [0.4, 0.5) is 0 Å². The number of nitriles is 1. The number of hydrogen-bond acceptors (Lipinski definition) is 3. The van der Waals surface area contributed by atoms with Crippen LogP contribution in [0.1, 0.15) is 59.3 Å². The molecule has 1 N–H and O–H groups in total. The molecule has 0 aromatic heterocycles. The SMILES string of the molecule is CCCCN(CCCC)CC(C)(C#N)NC1CC1. The molecule has 0 amide bonds. The molecule has 0 aliphatic heterocycles.